The summed E-state index contributed by atoms with van der Waals surface area (Å²) < 4.78 is 0. The Morgan fingerprint density at radius 2 is 0.750 bits per heavy atom. The Balaban J connectivity index is 2.67. The highest BCUT2D eigenvalue weighted by Crippen LogP contribution is 1.33. The van der Waals surface area contributed by atoms with E-state index in [0.717, 1.165) is 0 Å². The van der Waals surface area contributed by atoms with Gasteiger partial charge in [-0.25, -0.2) is 0 Å². The van der Waals surface area contributed by atoms with Crippen LogP contribution < -0.4 is 0 Å². The van der Waals surface area contributed by atoms with Crippen LogP contribution in [0.4, 0.5) is 0 Å². The van der Waals surface area contributed by atoms with E-state index in [1.807, 2.05) is 0 Å². The lowest BCUT2D eigenvalue weighted by atomic mass is 26.4. The van der Waals surface area contributed by atoms with E-state index in [1.54, 1.807) is 0 Å². The first-order valence-electron chi connectivity index (χ1n) is 1.33. The maximum absolute atomic E-state index is 1.17. The quantitative estimate of drug-likeness (QED) is 0.305. The second-order valence-electron chi connectivity index (χ2n) is 0.770. The molecule has 0 aliphatic carbocycles. The van der Waals surface area contributed by atoms with E-state index in [-0.39, 0.29) is 0 Å². The number of hydrogen-bond donors (Lipinski definition) is 0. The fourth-order valence-corrected chi connectivity index (χ4v) is 9.00. The predicted octanol–water partition coefficient (Wildman–Crippen LogP) is -2.59. The van der Waals surface area contributed by atoms with Gasteiger partial charge in [0.1, 0.15) is 0 Å². The van der Waals surface area contributed by atoms with Gasteiger partial charge in [0.05, 0.1) is 0 Å². The van der Waals surface area contributed by atoms with Crippen LogP contribution in [0.2, 0.25) is 0 Å². The van der Waals surface area contributed by atoms with Gasteiger partial charge in [-0.15, -0.1) is 0 Å². The van der Waals surface area contributed by atoms with Crippen molar-refractivity contribution >= 4 is 32.5 Å². The highest BCUT2D eigenvalue weighted by Gasteiger charge is 1.68. The van der Waals surface area contributed by atoms with Crippen LogP contribution >= 0.6 is 0 Å². The molecule has 0 fully saturated rings. The monoisotopic (exact) mass is 116 g/mol. The van der Waals surface area contributed by atoms with Gasteiger partial charge in [-0.3, -0.25) is 0 Å². The van der Waals surface area contributed by atoms with Crippen molar-refractivity contribution < 1.29 is 0 Å². The summed E-state index contributed by atoms with van der Waals surface area (Å²) >= 11 is 0. The molecule has 0 amide bonds. The summed E-state index contributed by atoms with van der Waals surface area (Å²) in [5, 5.41) is 0. The minimum atomic E-state index is 1.17. The van der Waals surface area contributed by atoms with Crippen molar-refractivity contribution in [2.24, 2.45) is 0 Å². The van der Waals surface area contributed by atoms with Crippen molar-refractivity contribution in [2.45, 2.75) is 0 Å². The van der Waals surface area contributed by atoms with E-state index in [4.69, 9.17) is 0 Å². The van der Waals surface area contributed by atoms with Gasteiger partial charge in [0.25, 0.3) is 0 Å². The van der Waals surface area contributed by atoms with Crippen molar-refractivity contribution in [3.05, 3.63) is 0 Å². The normalized spacial score (nSPS) is 16.0. The molecule has 1 rings (SSSR count). The standard InChI is InChI=1S/H4Si4/c1-2-4-3-1/h1-4H. The number of rotatable bonds is 0. The second kappa shape index (κ2) is 1.34. The summed E-state index contributed by atoms with van der Waals surface area (Å²) in [6.07, 6.45) is 0. The van der Waals surface area contributed by atoms with Crippen LogP contribution in [-0.2, 0) is 0 Å². The lowest BCUT2D eigenvalue weighted by Gasteiger charge is -1.74. The molecule has 0 saturated heterocycles. The SMILES string of the molecule is [SiH]1=[SiH][SiH]=[SiH]1. The van der Waals surface area contributed by atoms with Crippen LogP contribution in [0.5, 0.6) is 0 Å². The minimum absolute atomic E-state index is 1.17. The molecule has 0 N–H and O–H groups in total. The van der Waals surface area contributed by atoms with E-state index < -0.39 is 0 Å². The topological polar surface area (TPSA) is 0 Å². The van der Waals surface area contributed by atoms with Crippen molar-refractivity contribution in [1.29, 1.82) is 0 Å². The molecular weight excluding hydrogens is 112 g/mol. The molecule has 0 aromatic heterocycles. The van der Waals surface area contributed by atoms with Crippen LogP contribution in [0.3, 0.4) is 0 Å². The van der Waals surface area contributed by atoms with Gasteiger partial charge in [-0.2, -0.15) is 0 Å². The predicted molar refractivity (Wildman–Crippen MR) is 28.6 cm³/mol. The molecule has 1 aliphatic heterocycles. The third-order valence-electron chi connectivity index (χ3n) is 0.444. The van der Waals surface area contributed by atoms with E-state index in [0.29, 0.717) is 0 Å². The average molecular weight is 116 g/mol. The first kappa shape index (κ1) is 3.07. The number of hydrogen-bond acceptors (Lipinski definition) is 0. The zero-order valence-corrected chi connectivity index (χ0v) is 6.93. The molecule has 0 nitrogen and oxygen atoms in total. The van der Waals surface area contributed by atoms with Crippen LogP contribution in [0, 0.1) is 0 Å². The van der Waals surface area contributed by atoms with E-state index in [1.165, 1.54) is 32.5 Å². The molecule has 0 saturated carbocycles. The molecule has 0 spiro atoms. The molecule has 0 aromatic carbocycles. The van der Waals surface area contributed by atoms with Gasteiger partial charge < -0.3 is 0 Å². The molecule has 0 atom stereocenters. The minimum Gasteiger partial charge on any atom is -0.0295 e. The van der Waals surface area contributed by atoms with Gasteiger partial charge >= 0.3 is 0 Å². The molecule has 1 aliphatic rings. The molecule has 0 radical (unpaired) electrons. The van der Waals surface area contributed by atoms with Crippen LogP contribution in [0.15, 0.2) is 0 Å². The van der Waals surface area contributed by atoms with E-state index >= 15 is 0 Å². The molecule has 0 unspecified atom stereocenters. The van der Waals surface area contributed by atoms with Crippen molar-refractivity contribution in [2.75, 3.05) is 0 Å². The van der Waals surface area contributed by atoms with E-state index in [2.05, 4.69) is 0 Å². The van der Waals surface area contributed by atoms with Crippen LogP contribution in [-0.4, -0.2) is 32.5 Å². The molecular formula is H4Si4. The Bertz CT molecular complexity index is 40.4. The molecule has 0 bridgehead atoms. The summed E-state index contributed by atoms with van der Waals surface area (Å²) in [5.41, 5.74) is 0. The van der Waals surface area contributed by atoms with Crippen molar-refractivity contribution in [3.8, 4) is 0 Å². The zero-order chi connectivity index (χ0) is 2.83. The summed E-state index contributed by atoms with van der Waals surface area (Å²) in [4.78, 5) is 0. The lowest BCUT2D eigenvalue weighted by molar-refractivity contribution is 4.05. The van der Waals surface area contributed by atoms with Gasteiger partial charge in [0.15, 0.2) is 0 Å². The van der Waals surface area contributed by atoms with Gasteiger partial charge in [-0.1, -0.05) is 0 Å². The van der Waals surface area contributed by atoms with Gasteiger partial charge in [0, 0.05) is 0 Å². The maximum atomic E-state index is 1.17. The van der Waals surface area contributed by atoms with Crippen LogP contribution in [0.25, 0.3) is 0 Å². The van der Waals surface area contributed by atoms with Gasteiger partial charge in [-0.05, 0) is 32.5 Å². The molecule has 4 heteroatoms. The van der Waals surface area contributed by atoms with E-state index in [9.17, 15) is 0 Å². The summed E-state index contributed by atoms with van der Waals surface area (Å²) in [6, 6.07) is 0. The third kappa shape index (κ3) is 0.422. The maximum Gasteiger partial charge on any atom is -0.0295 e. The Morgan fingerprint density at radius 1 is 0.500 bits per heavy atom. The summed E-state index contributed by atoms with van der Waals surface area (Å²) in [5.74, 6) is 0. The molecule has 0 aromatic rings. The molecule has 20 valence electrons. The molecule has 1 heterocycles. The van der Waals surface area contributed by atoms with Crippen LogP contribution in [0.1, 0.15) is 0 Å². The Kier molecular flexibility index (Phi) is 1.03. The Labute approximate surface area is 33.1 Å². The summed E-state index contributed by atoms with van der Waals surface area (Å²) in [7, 11) is 4.67. The lowest BCUT2D eigenvalue weighted by Crippen LogP contribution is -2.09. The second-order valence-corrected chi connectivity index (χ2v) is 20.8. The zero-order valence-electron chi connectivity index (χ0n) is 2.31. The Morgan fingerprint density at radius 3 is 0.750 bits per heavy atom. The Hall–Kier alpha value is 0.868. The fraction of sp³-hybridized carbons (Fsp3) is 0. The fourth-order valence-electron chi connectivity index (χ4n) is 0.111. The average Bonchev–Trinajstić information content (AvgIpc) is 0.722. The first-order valence-corrected chi connectivity index (χ1v) is 12.0. The first-order chi connectivity index (χ1) is 2.00. The van der Waals surface area contributed by atoms with Crippen molar-refractivity contribution in [3.63, 3.8) is 0 Å². The van der Waals surface area contributed by atoms with Crippen molar-refractivity contribution in [1.82, 2.24) is 0 Å². The highest BCUT2D eigenvalue weighted by molar-refractivity contribution is 7.46. The third-order valence-corrected chi connectivity index (χ3v) is 36.0. The smallest absolute Gasteiger partial charge is 0.0295 e. The van der Waals surface area contributed by atoms with Gasteiger partial charge in [0.2, 0.25) is 0 Å². The highest BCUT2D eigenvalue weighted by atomic mass is 29.8. The summed E-state index contributed by atoms with van der Waals surface area (Å²) in [6.45, 7) is 0. The molecule has 4 heavy (non-hydrogen) atoms. The largest absolute Gasteiger partial charge is 0.0295 e.